The lowest BCUT2D eigenvalue weighted by atomic mass is 9.94. The SMILES string of the molecule is O=C(NCC1CC=CCC1)C(=O)NCC1CC=CCC1. The van der Waals surface area contributed by atoms with Crippen LogP contribution in [-0.4, -0.2) is 24.9 Å². The highest BCUT2D eigenvalue weighted by Crippen LogP contribution is 2.17. The van der Waals surface area contributed by atoms with Gasteiger partial charge in [0.25, 0.3) is 0 Å². The largest absolute Gasteiger partial charge is 0.348 e. The summed E-state index contributed by atoms with van der Waals surface area (Å²) in [5.41, 5.74) is 0. The Morgan fingerprint density at radius 2 is 1.25 bits per heavy atom. The van der Waals surface area contributed by atoms with Crippen molar-refractivity contribution in [2.45, 2.75) is 38.5 Å². The van der Waals surface area contributed by atoms with Crippen LogP contribution in [0.4, 0.5) is 0 Å². The molecule has 0 heterocycles. The molecule has 2 amide bonds. The molecular formula is C16H24N2O2. The summed E-state index contributed by atoms with van der Waals surface area (Å²) in [6, 6.07) is 0. The van der Waals surface area contributed by atoms with E-state index >= 15 is 0 Å². The van der Waals surface area contributed by atoms with Crippen LogP contribution >= 0.6 is 0 Å². The molecule has 2 rings (SSSR count). The number of carbonyl (C=O) groups is 2. The molecule has 2 aliphatic rings. The minimum Gasteiger partial charge on any atom is -0.348 e. The van der Waals surface area contributed by atoms with Crippen molar-refractivity contribution in [1.82, 2.24) is 10.6 Å². The van der Waals surface area contributed by atoms with Crippen LogP contribution in [0.3, 0.4) is 0 Å². The fourth-order valence-electron chi connectivity index (χ4n) is 2.72. The van der Waals surface area contributed by atoms with E-state index in [1.165, 1.54) is 0 Å². The highest BCUT2D eigenvalue weighted by molar-refractivity contribution is 6.35. The van der Waals surface area contributed by atoms with E-state index < -0.39 is 11.8 Å². The molecule has 2 atom stereocenters. The Hall–Kier alpha value is -1.58. The normalized spacial score (nSPS) is 25.2. The van der Waals surface area contributed by atoms with Gasteiger partial charge >= 0.3 is 11.8 Å². The summed E-state index contributed by atoms with van der Waals surface area (Å²) in [6.07, 6.45) is 15.0. The van der Waals surface area contributed by atoms with Gasteiger partial charge in [-0.3, -0.25) is 9.59 Å². The molecule has 0 bridgehead atoms. The average Bonchev–Trinajstić information content (AvgIpc) is 2.52. The standard InChI is InChI=1S/C16H24N2O2/c19-15(17-11-13-7-3-1-4-8-13)16(20)18-12-14-9-5-2-6-10-14/h1-3,5,13-14H,4,6-12H2,(H,17,19)(H,18,20). The zero-order valence-electron chi connectivity index (χ0n) is 11.9. The minimum atomic E-state index is -0.495. The number of amides is 2. The summed E-state index contributed by atoms with van der Waals surface area (Å²) < 4.78 is 0. The molecule has 4 heteroatoms. The van der Waals surface area contributed by atoms with Gasteiger partial charge in [0.05, 0.1) is 0 Å². The second kappa shape index (κ2) is 7.88. The lowest BCUT2D eigenvalue weighted by Gasteiger charge is -2.19. The molecule has 20 heavy (non-hydrogen) atoms. The summed E-state index contributed by atoms with van der Waals surface area (Å²) in [5.74, 6) is -0.0442. The molecule has 0 fully saturated rings. The monoisotopic (exact) mass is 276 g/mol. The maximum absolute atomic E-state index is 11.7. The van der Waals surface area contributed by atoms with Crippen molar-refractivity contribution in [3.05, 3.63) is 24.3 Å². The van der Waals surface area contributed by atoms with Crippen LogP contribution in [0.2, 0.25) is 0 Å². The van der Waals surface area contributed by atoms with Crippen LogP contribution in [0.5, 0.6) is 0 Å². The maximum atomic E-state index is 11.7. The first-order valence-electron chi connectivity index (χ1n) is 7.61. The number of carbonyl (C=O) groups excluding carboxylic acids is 2. The fourth-order valence-corrected chi connectivity index (χ4v) is 2.72. The van der Waals surface area contributed by atoms with Crippen molar-refractivity contribution in [2.24, 2.45) is 11.8 Å². The third-order valence-electron chi connectivity index (χ3n) is 4.06. The molecule has 110 valence electrons. The third kappa shape index (κ3) is 4.83. The van der Waals surface area contributed by atoms with Gasteiger partial charge in [-0.2, -0.15) is 0 Å². The number of hydrogen-bond donors (Lipinski definition) is 2. The second-order valence-corrected chi connectivity index (χ2v) is 5.72. The molecule has 0 spiro atoms. The van der Waals surface area contributed by atoms with Gasteiger partial charge in [0.1, 0.15) is 0 Å². The summed E-state index contributed by atoms with van der Waals surface area (Å²) in [5, 5.41) is 5.48. The Balaban J connectivity index is 1.62. The van der Waals surface area contributed by atoms with Gasteiger partial charge in [0.15, 0.2) is 0 Å². The lowest BCUT2D eigenvalue weighted by Crippen LogP contribution is -2.43. The molecule has 0 saturated carbocycles. The maximum Gasteiger partial charge on any atom is 0.309 e. The molecular weight excluding hydrogens is 252 g/mol. The molecule has 2 aliphatic carbocycles. The van der Waals surface area contributed by atoms with Gasteiger partial charge < -0.3 is 10.6 Å². The average molecular weight is 276 g/mol. The van der Waals surface area contributed by atoms with Gasteiger partial charge in [-0.15, -0.1) is 0 Å². The zero-order chi connectivity index (χ0) is 14.2. The van der Waals surface area contributed by atoms with Crippen molar-refractivity contribution in [1.29, 1.82) is 0 Å². The summed E-state index contributed by atoms with van der Waals surface area (Å²) in [4.78, 5) is 23.4. The Morgan fingerprint density at radius 1 is 0.800 bits per heavy atom. The smallest absolute Gasteiger partial charge is 0.309 e. The first kappa shape index (κ1) is 14.8. The number of hydrogen-bond acceptors (Lipinski definition) is 2. The van der Waals surface area contributed by atoms with E-state index in [0.29, 0.717) is 24.9 Å². The predicted molar refractivity (Wildman–Crippen MR) is 79.0 cm³/mol. The molecule has 0 radical (unpaired) electrons. The van der Waals surface area contributed by atoms with E-state index in [2.05, 4.69) is 34.9 Å². The molecule has 0 saturated heterocycles. The van der Waals surface area contributed by atoms with Crippen LogP contribution < -0.4 is 10.6 Å². The second-order valence-electron chi connectivity index (χ2n) is 5.72. The van der Waals surface area contributed by atoms with Crippen LogP contribution in [-0.2, 0) is 9.59 Å². The number of nitrogens with one attached hydrogen (secondary N) is 2. The van der Waals surface area contributed by atoms with E-state index in [4.69, 9.17) is 0 Å². The van der Waals surface area contributed by atoms with E-state index in [9.17, 15) is 9.59 Å². The first-order valence-corrected chi connectivity index (χ1v) is 7.61. The summed E-state index contributed by atoms with van der Waals surface area (Å²) in [6.45, 7) is 1.20. The first-order chi connectivity index (χ1) is 9.75. The van der Waals surface area contributed by atoms with Gasteiger partial charge in [-0.05, 0) is 50.4 Å². The molecule has 2 unspecified atom stereocenters. The Labute approximate surface area is 120 Å². The molecule has 0 aromatic rings. The van der Waals surface area contributed by atoms with Gasteiger partial charge in [0, 0.05) is 13.1 Å². The lowest BCUT2D eigenvalue weighted by molar-refractivity contribution is -0.139. The van der Waals surface area contributed by atoms with Gasteiger partial charge in [-0.1, -0.05) is 24.3 Å². The fraction of sp³-hybridized carbons (Fsp3) is 0.625. The Morgan fingerprint density at radius 3 is 1.60 bits per heavy atom. The van der Waals surface area contributed by atoms with Crippen molar-refractivity contribution in [3.63, 3.8) is 0 Å². The Bertz CT molecular complexity index is 363. The highest BCUT2D eigenvalue weighted by Gasteiger charge is 2.18. The van der Waals surface area contributed by atoms with Crippen molar-refractivity contribution >= 4 is 11.8 Å². The molecule has 2 N–H and O–H groups in total. The van der Waals surface area contributed by atoms with Crippen LogP contribution in [0.25, 0.3) is 0 Å². The zero-order valence-corrected chi connectivity index (χ0v) is 11.9. The highest BCUT2D eigenvalue weighted by atomic mass is 16.2. The van der Waals surface area contributed by atoms with Crippen LogP contribution in [0, 0.1) is 11.8 Å². The molecule has 4 nitrogen and oxygen atoms in total. The van der Waals surface area contributed by atoms with E-state index in [0.717, 1.165) is 38.5 Å². The van der Waals surface area contributed by atoms with Crippen LogP contribution in [0.1, 0.15) is 38.5 Å². The van der Waals surface area contributed by atoms with Crippen molar-refractivity contribution < 1.29 is 9.59 Å². The van der Waals surface area contributed by atoms with E-state index in [1.807, 2.05) is 0 Å². The Kier molecular flexibility index (Phi) is 5.84. The third-order valence-corrected chi connectivity index (χ3v) is 4.06. The molecule has 0 aromatic carbocycles. The summed E-state index contributed by atoms with van der Waals surface area (Å²) >= 11 is 0. The van der Waals surface area contributed by atoms with Gasteiger partial charge in [-0.25, -0.2) is 0 Å². The summed E-state index contributed by atoms with van der Waals surface area (Å²) in [7, 11) is 0. The predicted octanol–water partition coefficient (Wildman–Crippen LogP) is 1.93. The van der Waals surface area contributed by atoms with E-state index in [-0.39, 0.29) is 0 Å². The van der Waals surface area contributed by atoms with Crippen molar-refractivity contribution in [2.75, 3.05) is 13.1 Å². The van der Waals surface area contributed by atoms with E-state index in [1.54, 1.807) is 0 Å². The van der Waals surface area contributed by atoms with Gasteiger partial charge in [0.2, 0.25) is 0 Å². The number of rotatable bonds is 4. The van der Waals surface area contributed by atoms with Crippen molar-refractivity contribution in [3.8, 4) is 0 Å². The molecule has 0 aliphatic heterocycles. The van der Waals surface area contributed by atoms with Crippen LogP contribution in [0.15, 0.2) is 24.3 Å². The quantitative estimate of drug-likeness (QED) is 0.609. The number of allylic oxidation sites excluding steroid dienone is 4. The topological polar surface area (TPSA) is 58.2 Å². The molecule has 0 aromatic heterocycles. The minimum absolute atomic E-state index is 0.472.